The van der Waals surface area contributed by atoms with Crippen molar-refractivity contribution >= 4 is 39.1 Å². The largest absolute Gasteiger partial charge is 0.345 e. The number of amides is 2. The molecule has 0 aliphatic carbocycles. The van der Waals surface area contributed by atoms with Crippen LogP contribution in [0.25, 0.3) is 0 Å². The van der Waals surface area contributed by atoms with Crippen LogP contribution in [-0.2, 0) is 14.8 Å². The van der Waals surface area contributed by atoms with Crippen LogP contribution in [0.5, 0.6) is 0 Å². The summed E-state index contributed by atoms with van der Waals surface area (Å²) in [6.45, 7) is 0.670. The summed E-state index contributed by atoms with van der Waals surface area (Å²) in [5, 5.41) is 3.11. The molecule has 2 rings (SSSR count). The first-order valence-corrected chi connectivity index (χ1v) is 10.1. The average molecular weight is 388 g/mol. The zero-order chi connectivity index (χ0) is 18.8. The fourth-order valence-corrected chi connectivity index (χ4v) is 3.77. The lowest BCUT2D eigenvalue weighted by atomic mass is 9.97. The molecule has 25 heavy (non-hydrogen) atoms. The maximum absolute atomic E-state index is 12.4. The van der Waals surface area contributed by atoms with E-state index in [2.05, 4.69) is 5.32 Å². The normalized spacial score (nSPS) is 16.5. The highest BCUT2D eigenvalue weighted by Crippen LogP contribution is 2.24. The van der Waals surface area contributed by atoms with Crippen LogP contribution >= 0.6 is 11.6 Å². The van der Waals surface area contributed by atoms with Crippen LogP contribution < -0.4 is 5.32 Å². The van der Waals surface area contributed by atoms with E-state index in [9.17, 15) is 18.0 Å². The molecular weight excluding hydrogens is 366 g/mol. The van der Waals surface area contributed by atoms with Gasteiger partial charge in [0.2, 0.25) is 15.9 Å². The smallest absolute Gasteiger partial charge is 0.254 e. The molecule has 1 heterocycles. The van der Waals surface area contributed by atoms with Gasteiger partial charge in [-0.1, -0.05) is 11.6 Å². The van der Waals surface area contributed by atoms with Crippen molar-refractivity contribution in [2.75, 3.05) is 38.8 Å². The highest BCUT2D eigenvalue weighted by molar-refractivity contribution is 7.88. The number of piperidine rings is 1. The summed E-state index contributed by atoms with van der Waals surface area (Å²) in [4.78, 5) is 25.9. The molecule has 1 aliphatic rings. The molecule has 7 nitrogen and oxygen atoms in total. The molecule has 0 unspecified atom stereocenters. The van der Waals surface area contributed by atoms with Crippen molar-refractivity contribution in [1.29, 1.82) is 0 Å². The maximum atomic E-state index is 12.4. The lowest BCUT2D eigenvalue weighted by molar-refractivity contribution is -0.120. The van der Waals surface area contributed by atoms with Crippen molar-refractivity contribution in [2.45, 2.75) is 12.8 Å². The second-order valence-corrected chi connectivity index (χ2v) is 8.71. The predicted octanol–water partition coefficient (Wildman–Crippen LogP) is 1.65. The quantitative estimate of drug-likeness (QED) is 0.851. The molecule has 0 atom stereocenters. The van der Waals surface area contributed by atoms with Crippen LogP contribution in [0.2, 0.25) is 5.02 Å². The van der Waals surface area contributed by atoms with Gasteiger partial charge in [-0.2, -0.15) is 0 Å². The summed E-state index contributed by atoms with van der Waals surface area (Å²) in [7, 11) is 0.0318. The minimum absolute atomic E-state index is 0.182. The minimum atomic E-state index is -3.22. The molecule has 1 aliphatic heterocycles. The number of benzene rings is 1. The third-order valence-corrected chi connectivity index (χ3v) is 5.80. The zero-order valence-electron chi connectivity index (χ0n) is 14.5. The van der Waals surface area contributed by atoms with E-state index in [1.54, 1.807) is 32.3 Å². The Bertz CT molecular complexity index is 772. The number of hydrogen-bond acceptors (Lipinski definition) is 4. The number of anilines is 1. The van der Waals surface area contributed by atoms with Gasteiger partial charge in [0, 0.05) is 38.8 Å². The van der Waals surface area contributed by atoms with Crippen molar-refractivity contribution in [2.24, 2.45) is 5.92 Å². The lowest BCUT2D eigenvalue weighted by Gasteiger charge is -2.29. The predicted molar refractivity (Wildman–Crippen MR) is 97.2 cm³/mol. The Balaban J connectivity index is 2.04. The minimum Gasteiger partial charge on any atom is -0.345 e. The van der Waals surface area contributed by atoms with Gasteiger partial charge in [0.15, 0.2) is 0 Å². The molecular formula is C16H22ClN3O4S. The second-order valence-electron chi connectivity index (χ2n) is 6.32. The molecule has 0 spiro atoms. The maximum Gasteiger partial charge on any atom is 0.254 e. The van der Waals surface area contributed by atoms with Gasteiger partial charge in [-0.3, -0.25) is 9.59 Å². The van der Waals surface area contributed by atoms with Gasteiger partial charge < -0.3 is 10.2 Å². The van der Waals surface area contributed by atoms with Gasteiger partial charge in [-0.15, -0.1) is 0 Å². The Morgan fingerprint density at radius 1 is 1.24 bits per heavy atom. The monoisotopic (exact) mass is 387 g/mol. The van der Waals surface area contributed by atoms with Crippen LogP contribution in [0.4, 0.5) is 5.69 Å². The molecule has 1 aromatic carbocycles. The molecule has 2 amide bonds. The topological polar surface area (TPSA) is 86.8 Å². The first-order valence-electron chi connectivity index (χ1n) is 7.87. The van der Waals surface area contributed by atoms with E-state index >= 15 is 0 Å². The Hall–Kier alpha value is -1.64. The fraction of sp³-hybridized carbons (Fsp3) is 0.500. The highest BCUT2D eigenvalue weighted by Gasteiger charge is 2.29. The molecule has 1 fully saturated rings. The van der Waals surface area contributed by atoms with Crippen LogP contribution in [0.15, 0.2) is 18.2 Å². The number of rotatable bonds is 4. The summed E-state index contributed by atoms with van der Waals surface area (Å²) in [5.41, 5.74) is 0.807. The van der Waals surface area contributed by atoms with E-state index in [4.69, 9.17) is 11.6 Å². The van der Waals surface area contributed by atoms with Gasteiger partial charge in [0.25, 0.3) is 5.91 Å². The van der Waals surface area contributed by atoms with Gasteiger partial charge in [-0.05, 0) is 31.0 Å². The van der Waals surface area contributed by atoms with Gasteiger partial charge >= 0.3 is 0 Å². The summed E-state index contributed by atoms with van der Waals surface area (Å²) < 4.78 is 24.4. The number of nitrogens with one attached hydrogen (secondary N) is 1. The molecule has 9 heteroatoms. The summed E-state index contributed by atoms with van der Waals surface area (Å²) in [6, 6.07) is 4.76. The molecule has 138 valence electrons. The van der Waals surface area contributed by atoms with Crippen molar-refractivity contribution in [3.05, 3.63) is 28.8 Å². The lowest BCUT2D eigenvalue weighted by Crippen LogP contribution is -2.40. The molecule has 0 saturated carbocycles. The highest BCUT2D eigenvalue weighted by atomic mass is 35.5. The summed E-state index contributed by atoms with van der Waals surface area (Å²) >= 11 is 6.06. The Morgan fingerprint density at radius 2 is 1.84 bits per heavy atom. The van der Waals surface area contributed by atoms with E-state index in [0.717, 1.165) is 0 Å². The summed E-state index contributed by atoms with van der Waals surface area (Å²) in [6.07, 6.45) is 2.11. The van der Waals surface area contributed by atoms with Gasteiger partial charge in [-0.25, -0.2) is 12.7 Å². The Morgan fingerprint density at radius 3 is 2.36 bits per heavy atom. The van der Waals surface area contributed by atoms with Crippen molar-refractivity contribution in [1.82, 2.24) is 9.21 Å². The first kappa shape index (κ1) is 19.7. The van der Waals surface area contributed by atoms with E-state index < -0.39 is 10.0 Å². The second kappa shape index (κ2) is 7.72. The van der Waals surface area contributed by atoms with Crippen LogP contribution in [0, 0.1) is 5.92 Å². The molecule has 1 N–H and O–H groups in total. The van der Waals surface area contributed by atoms with Crippen LogP contribution in [0.3, 0.4) is 0 Å². The number of nitrogens with zero attached hydrogens (tertiary/aromatic N) is 2. The zero-order valence-corrected chi connectivity index (χ0v) is 16.0. The number of sulfonamides is 1. The molecule has 1 aromatic rings. The van der Waals surface area contributed by atoms with Gasteiger partial charge in [0.1, 0.15) is 0 Å². The van der Waals surface area contributed by atoms with E-state index in [-0.39, 0.29) is 17.7 Å². The standard InChI is InChI=1S/C16H22ClN3O4S/c1-19(2)16(22)13-10-12(4-5-14(13)17)18-15(21)11-6-8-20(9-7-11)25(3,23)24/h4-5,10-11H,6-9H2,1-3H3,(H,18,21). The molecule has 0 bridgehead atoms. The fourth-order valence-electron chi connectivity index (χ4n) is 2.70. The Kier molecular flexibility index (Phi) is 6.08. The van der Waals surface area contributed by atoms with E-state index in [1.807, 2.05) is 0 Å². The number of halogens is 1. The third-order valence-electron chi connectivity index (χ3n) is 4.16. The number of carbonyl (C=O) groups is 2. The van der Waals surface area contributed by atoms with Crippen molar-refractivity contribution in [3.8, 4) is 0 Å². The first-order chi connectivity index (χ1) is 11.6. The third kappa shape index (κ3) is 4.93. The average Bonchev–Trinajstić information content (AvgIpc) is 2.55. The van der Waals surface area contributed by atoms with E-state index in [0.29, 0.717) is 42.2 Å². The number of hydrogen-bond donors (Lipinski definition) is 1. The van der Waals surface area contributed by atoms with Gasteiger partial charge in [0.05, 0.1) is 16.8 Å². The molecule has 0 aromatic heterocycles. The Labute approximate surface area is 153 Å². The van der Waals surface area contributed by atoms with E-state index in [1.165, 1.54) is 15.5 Å². The van der Waals surface area contributed by atoms with Crippen LogP contribution in [-0.4, -0.2) is 62.9 Å². The van der Waals surface area contributed by atoms with Crippen LogP contribution in [0.1, 0.15) is 23.2 Å². The molecule has 1 saturated heterocycles. The summed E-state index contributed by atoms with van der Waals surface area (Å²) in [5.74, 6) is -0.692. The van der Waals surface area contributed by atoms with Crippen molar-refractivity contribution < 1.29 is 18.0 Å². The number of carbonyl (C=O) groups excluding carboxylic acids is 2. The molecule has 0 radical (unpaired) electrons. The SMILES string of the molecule is CN(C)C(=O)c1cc(NC(=O)C2CCN(S(C)(=O)=O)CC2)ccc1Cl. The van der Waals surface area contributed by atoms with Crippen molar-refractivity contribution in [3.63, 3.8) is 0 Å².